The van der Waals surface area contributed by atoms with Gasteiger partial charge in [-0.1, -0.05) is 12.1 Å². The van der Waals surface area contributed by atoms with Gasteiger partial charge in [0.05, 0.1) is 0 Å². The third kappa shape index (κ3) is 1.55. The van der Waals surface area contributed by atoms with Crippen LogP contribution in [0, 0.1) is 0 Å². The number of anilines is 1. The lowest BCUT2D eigenvalue weighted by Gasteiger charge is -2.05. The smallest absolute Gasteiger partial charge is 0.128 e. The Bertz CT molecular complexity index is 511. The maximum atomic E-state index is 9.49. The standard InChI is InChI=1S/C13H12N2O/c16-13-8-11-2-1-10(7-12(11)15-13)9-3-5-14-6-4-9/h1-7,13,15-16H,8H2. The number of pyridine rings is 1. The highest BCUT2D eigenvalue weighted by Crippen LogP contribution is 2.30. The molecule has 0 amide bonds. The van der Waals surface area contributed by atoms with Gasteiger partial charge in [0.15, 0.2) is 0 Å². The summed E-state index contributed by atoms with van der Waals surface area (Å²) < 4.78 is 0. The molecule has 1 atom stereocenters. The first kappa shape index (κ1) is 9.36. The number of benzene rings is 1. The summed E-state index contributed by atoms with van der Waals surface area (Å²) in [5.41, 5.74) is 4.48. The minimum atomic E-state index is -0.442. The Morgan fingerprint density at radius 2 is 1.94 bits per heavy atom. The number of hydrogen-bond acceptors (Lipinski definition) is 3. The fourth-order valence-electron chi connectivity index (χ4n) is 2.05. The van der Waals surface area contributed by atoms with Crippen LogP contribution in [-0.4, -0.2) is 16.3 Å². The minimum absolute atomic E-state index is 0.442. The summed E-state index contributed by atoms with van der Waals surface area (Å²) in [5.74, 6) is 0. The van der Waals surface area contributed by atoms with Gasteiger partial charge in [0, 0.05) is 24.5 Å². The van der Waals surface area contributed by atoms with Gasteiger partial charge in [0.1, 0.15) is 6.23 Å². The number of nitrogens with zero attached hydrogens (tertiary/aromatic N) is 1. The average molecular weight is 212 g/mol. The first-order chi connectivity index (χ1) is 7.83. The van der Waals surface area contributed by atoms with Crippen LogP contribution in [-0.2, 0) is 6.42 Å². The van der Waals surface area contributed by atoms with E-state index in [1.807, 2.05) is 12.1 Å². The number of aromatic nitrogens is 1. The molecule has 16 heavy (non-hydrogen) atoms. The normalized spacial score (nSPS) is 17.9. The van der Waals surface area contributed by atoms with Gasteiger partial charge in [-0.2, -0.15) is 0 Å². The Kier molecular flexibility index (Phi) is 2.11. The van der Waals surface area contributed by atoms with E-state index in [0.717, 1.165) is 16.8 Å². The molecule has 0 fully saturated rings. The molecule has 0 spiro atoms. The van der Waals surface area contributed by atoms with Gasteiger partial charge in [-0.25, -0.2) is 0 Å². The Hall–Kier alpha value is -1.87. The van der Waals surface area contributed by atoms with E-state index in [4.69, 9.17) is 0 Å². The molecular weight excluding hydrogens is 200 g/mol. The second-order valence-electron chi connectivity index (χ2n) is 3.97. The Morgan fingerprint density at radius 1 is 1.12 bits per heavy atom. The molecule has 0 bridgehead atoms. The first-order valence-corrected chi connectivity index (χ1v) is 5.31. The number of hydrogen-bond donors (Lipinski definition) is 2. The second kappa shape index (κ2) is 3.61. The van der Waals surface area contributed by atoms with Crippen molar-refractivity contribution in [2.75, 3.05) is 5.32 Å². The molecule has 1 aromatic carbocycles. The van der Waals surface area contributed by atoms with E-state index in [1.54, 1.807) is 12.4 Å². The molecule has 1 aliphatic heterocycles. The molecule has 80 valence electrons. The first-order valence-electron chi connectivity index (χ1n) is 5.31. The fourth-order valence-corrected chi connectivity index (χ4v) is 2.05. The summed E-state index contributed by atoms with van der Waals surface area (Å²) in [4.78, 5) is 4.00. The summed E-state index contributed by atoms with van der Waals surface area (Å²) in [6, 6.07) is 10.2. The van der Waals surface area contributed by atoms with E-state index < -0.39 is 6.23 Å². The highest BCUT2D eigenvalue weighted by Gasteiger charge is 2.17. The van der Waals surface area contributed by atoms with Crippen molar-refractivity contribution in [3.63, 3.8) is 0 Å². The van der Waals surface area contributed by atoms with Crippen molar-refractivity contribution in [2.24, 2.45) is 0 Å². The van der Waals surface area contributed by atoms with Gasteiger partial charge >= 0.3 is 0 Å². The summed E-state index contributed by atoms with van der Waals surface area (Å²) in [6.07, 6.45) is 3.81. The van der Waals surface area contributed by atoms with Gasteiger partial charge in [-0.05, 0) is 34.9 Å². The summed E-state index contributed by atoms with van der Waals surface area (Å²) in [6.45, 7) is 0. The number of rotatable bonds is 1. The van der Waals surface area contributed by atoms with Gasteiger partial charge in [-0.15, -0.1) is 0 Å². The summed E-state index contributed by atoms with van der Waals surface area (Å²) in [7, 11) is 0. The molecular formula is C13H12N2O. The van der Waals surface area contributed by atoms with Crippen molar-refractivity contribution < 1.29 is 5.11 Å². The van der Waals surface area contributed by atoms with Crippen molar-refractivity contribution >= 4 is 5.69 Å². The van der Waals surface area contributed by atoms with Gasteiger partial charge in [-0.3, -0.25) is 4.98 Å². The van der Waals surface area contributed by atoms with E-state index in [0.29, 0.717) is 6.42 Å². The molecule has 0 aliphatic carbocycles. The van der Waals surface area contributed by atoms with E-state index in [1.165, 1.54) is 5.56 Å². The van der Waals surface area contributed by atoms with Crippen LogP contribution in [0.3, 0.4) is 0 Å². The molecule has 2 heterocycles. The van der Waals surface area contributed by atoms with E-state index in [-0.39, 0.29) is 0 Å². The second-order valence-corrected chi connectivity index (χ2v) is 3.97. The molecule has 2 aromatic rings. The topological polar surface area (TPSA) is 45.2 Å². The Morgan fingerprint density at radius 3 is 2.75 bits per heavy atom. The van der Waals surface area contributed by atoms with Crippen LogP contribution in [0.25, 0.3) is 11.1 Å². The third-order valence-corrected chi connectivity index (χ3v) is 2.86. The SMILES string of the molecule is OC1Cc2ccc(-c3ccncc3)cc2N1. The van der Waals surface area contributed by atoms with Gasteiger partial charge in [0.25, 0.3) is 0 Å². The lowest BCUT2D eigenvalue weighted by atomic mass is 10.0. The zero-order chi connectivity index (χ0) is 11.0. The number of aliphatic hydroxyl groups excluding tert-OH is 1. The van der Waals surface area contributed by atoms with Crippen LogP contribution >= 0.6 is 0 Å². The molecule has 0 saturated carbocycles. The number of fused-ring (bicyclic) bond motifs is 1. The highest BCUT2D eigenvalue weighted by molar-refractivity contribution is 5.71. The number of aliphatic hydroxyl groups is 1. The van der Waals surface area contributed by atoms with E-state index >= 15 is 0 Å². The Labute approximate surface area is 93.8 Å². The molecule has 3 heteroatoms. The lowest BCUT2D eigenvalue weighted by Crippen LogP contribution is -2.12. The number of nitrogens with one attached hydrogen (secondary N) is 1. The average Bonchev–Trinajstić information content (AvgIpc) is 2.69. The van der Waals surface area contributed by atoms with Crippen molar-refractivity contribution in [3.05, 3.63) is 48.3 Å². The predicted molar refractivity (Wildman–Crippen MR) is 63.0 cm³/mol. The minimum Gasteiger partial charge on any atom is -0.373 e. The molecule has 3 rings (SSSR count). The zero-order valence-electron chi connectivity index (χ0n) is 8.72. The zero-order valence-corrected chi connectivity index (χ0v) is 8.72. The summed E-state index contributed by atoms with van der Waals surface area (Å²) >= 11 is 0. The fraction of sp³-hybridized carbons (Fsp3) is 0.154. The molecule has 0 saturated heterocycles. The van der Waals surface area contributed by atoms with Crippen LogP contribution in [0.4, 0.5) is 5.69 Å². The molecule has 0 radical (unpaired) electrons. The van der Waals surface area contributed by atoms with Crippen LogP contribution in [0.2, 0.25) is 0 Å². The van der Waals surface area contributed by atoms with E-state index in [2.05, 4.69) is 28.5 Å². The molecule has 1 aromatic heterocycles. The van der Waals surface area contributed by atoms with Crippen molar-refractivity contribution in [2.45, 2.75) is 12.6 Å². The predicted octanol–water partition coefficient (Wildman–Crippen LogP) is 2.04. The molecule has 2 N–H and O–H groups in total. The van der Waals surface area contributed by atoms with Crippen molar-refractivity contribution in [1.29, 1.82) is 0 Å². The van der Waals surface area contributed by atoms with Crippen LogP contribution in [0.15, 0.2) is 42.7 Å². The lowest BCUT2D eigenvalue weighted by molar-refractivity contribution is 0.212. The van der Waals surface area contributed by atoms with Crippen molar-refractivity contribution in [3.8, 4) is 11.1 Å². The molecule has 1 unspecified atom stereocenters. The largest absolute Gasteiger partial charge is 0.373 e. The maximum Gasteiger partial charge on any atom is 0.128 e. The van der Waals surface area contributed by atoms with Crippen LogP contribution in [0.5, 0.6) is 0 Å². The molecule has 1 aliphatic rings. The van der Waals surface area contributed by atoms with Crippen LogP contribution < -0.4 is 5.32 Å². The van der Waals surface area contributed by atoms with Gasteiger partial charge in [0.2, 0.25) is 0 Å². The van der Waals surface area contributed by atoms with Crippen molar-refractivity contribution in [1.82, 2.24) is 4.98 Å². The highest BCUT2D eigenvalue weighted by atomic mass is 16.3. The third-order valence-electron chi connectivity index (χ3n) is 2.86. The maximum absolute atomic E-state index is 9.49. The Balaban J connectivity index is 2.03. The molecule has 3 nitrogen and oxygen atoms in total. The van der Waals surface area contributed by atoms with Crippen LogP contribution in [0.1, 0.15) is 5.56 Å². The van der Waals surface area contributed by atoms with Gasteiger partial charge < -0.3 is 10.4 Å². The summed E-state index contributed by atoms with van der Waals surface area (Å²) in [5, 5.41) is 12.5. The quantitative estimate of drug-likeness (QED) is 0.760. The van der Waals surface area contributed by atoms with E-state index in [9.17, 15) is 5.11 Å². The monoisotopic (exact) mass is 212 g/mol.